The maximum absolute atomic E-state index is 13.6. The number of hydrogen-bond acceptors (Lipinski definition) is 1. The highest BCUT2D eigenvalue weighted by Crippen LogP contribution is 2.26. The van der Waals surface area contributed by atoms with Gasteiger partial charge >= 0.3 is 0 Å². The van der Waals surface area contributed by atoms with E-state index in [-0.39, 0.29) is 5.92 Å². The summed E-state index contributed by atoms with van der Waals surface area (Å²) < 4.78 is 26.5. The first kappa shape index (κ1) is 12.4. The molecule has 0 saturated carbocycles. The Morgan fingerprint density at radius 1 is 1.06 bits per heavy atom. The van der Waals surface area contributed by atoms with Gasteiger partial charge in [-0.3, -0.25) is 4.79 Å². The summed E-state index contributed by atoms with van der Waals surface area (Å²) in [7, 11) is 0. The molecule has 2 aromatic carbocycles. The Morgan fingerprint density at radius 3 is 2.28 bits per heavy atom. The van der Waals surface area contributed by atoms with Crippen LogP contribution in [0, 0.1) is 11.6 Å². The average Bonchev–Trinajstić information content (AvgIpc) is 2.38. The van der Waals surface area contributed by atoms with Gasteiger partial charge in [-0.15, -0.1) is 0 Å². The molecule has 0 radical (unpaired) electrons. The zero-order valence-corrected chi connectivity index (χ0v) is 9.86. The van der Waals surface area contributed by atoms with Crippen molar-refractivity contribution in [2.24, 2.45) is 0 Å². The number of benzene rings is 2. The van der Waals surface area contributed by atoms with Crippen molar-refractivity contribution in [2.45, 2.75) is 12.8 Å². The minimum absolute atomic E-state index is 0.189. The molecule has 0 amide bonds. The Balaban J connectivity index is 2.34. The molecule has 92 valence electrons. The van der Waals surface area contributed by atoms with Gasteiger partial charge in [0.2, 0.25) is 0 Å². The quantitative estimate of drug-likeness (QED) is 0.750. The van der Waals surface area contributed by atoms with Crippen LogP contribution >= 0.6 is 0 Å². The molecule has 0 N–H and O–H groups in total. The number of aldehydes is 1. The van der Waals surface area contributed by atoms with Gasteiger partial charge in [0.25, 0.3) is 0 Å². The summed E-state index contributed by atoms with van der Waals surface area (Å²) in [4.78, 5) is 10.5. The number of rotatable bonds is 3. The molecule has 0 aliphatic rings. The van der Waals surface area contributed by atoms with E-state index in [0.717, 1.165) is 17.9 Å². The fraction of sp³-hybridized carbons (Fsp3) is 0.133. The van der Waals surface area contributed by atoms with Crippen LogP contribution < -0.4 is 0 Å². The molecule has 3 heteroatoms. The van der Waals surface area contributed by atoms with Gasteiger partial charge in [0.15, 0.2) is 0 Å². The summed E-state index contributed by atoms with van der Waals surface area (Å²) in [6.45, 7) is 1.84. The first-order valence-electron chi connectivity index (χ1n) is 5.62. The van der Waals surface area contributed by atoms with Crippen LogP contribution in [-0.4, -0.2) is 6.29 Å². The van der Waals surface area contributed by atoms with Crippen LogP contribution in [0.5, 0.6) is 0 Å². The van der Waals surface area contributed by atoms with Crippen molar-refractivity contribution in [1.29, 1.82) is 0 Å². The molecule has 0 bridgehead atoms. The molecular weight excluding hydrogens is 234 g/mol. The molecule has 0 heterocycles. The third kappa shape index (κ3) is 2.45. The van der Waals surface area contributed by atoms with E-state index < -0.39 is 11.6 Å². The molecule has 0 aliphatic carbocycles. The van der Waals surface area contributed by atoms with Gasteiger partial charge in [-0.1, -0.05) is 37.3 Å². The predicted molar refractivity (Wildman–Crippen MR) is 65.7 cm³/mol. The monoisotopic (exact) mass is 246 g/mol. The number of hydrogen-bond donors (Lipinski definition) is 0. The predicted octanol–water partition coefficient (Wildman–Crippen LogP) is 3.93. The van der Waals surface area contributed by atoms with Gasteiger partial charge in [0.1, 0.15) is 17.9 Å². The number of halogens is 2. The largest absolute Gasteiger partial charge is 0.298 e. The normalized spacial score (nSPS) is 12.2. The Labute approximate surface area is 104 Å². The lowest BCUT2D eigenvalue weighted by atomic mass is 9.92. The van der Waals surface area contributed by atoms with Crippen LogP contribution in [0.4, 0.5) is 8.78 Å². The maximum Gasteiger partial charge on any atom is 0.150 e. The van der Waals surface area contributed by atoms with Gasteiger partial charge in [-0.2, -0.15) is 0 Å². The van der Waals surface area contributed by atoms with E-state index in [4.69, 9.17) is 0 Å². The van der Waals surface area contributed by atoms with Crippen LogP contribution in [0.25, 0.3) is 0 Å². The number of carbonyl (C=O) groups is 1. The third-order valence-corrected chi connectivity index (χ3v) is 3.00. The van der Waals surface area contributed by atoms with Crippen LogP contribution in [-0.2, 0) is 0 Å². The molecule has 1 unspecified atom stereocenters. The second kappa shape index (κ2) is 5.08. The first-order valence-corrected chi connectivity index (χ1v) is 5.62. The Bertz CT molecular complexity index is 561. The minimum atomic E-state index is -0.584. The zero-order chi connectivity index (χ0) is 13.1. The fourth-order valence-electron chi connectivity index (χ4n) is 1.90. The smallest absolute Gasteiger partial charge is 0.150 e. The molecule has 18 heavy (non-hydrogen) atoms. The van der Waals surface area contributed by atoms with Crippen LogP contribution in [0.3, 0.4) is 0 Å². The maximum atomic E-state index is 13.6. The topological polar surface area (TPSA) is 17.1 Å². The molecule has 1 atom stereocenters. The number of carbonyl (C=O) groups excluding carboxylic acids is 1. The molecular formula is C15H12F2O. The van der Waals surface area contributed by atoms with Crippen molar-refractivity contribution >= 4 is 6.29 Å². The van der Waals surface area contributed by atoms with Crippen molar-refractivity contribution in [3.05, 3.63) is 70.8 Å². The second-order valence-corrected chi connectivity index (χ2v) is 4.17. The highest BCUT2D eigenvalue weighted by Gasteiger charge is 2.13. The van der Waals surface area contributed by atoms with Crippen molar-refractivity contribution in [3.8, 4) is 0 Å². The van der Waals surface area contributed by atoms with Gasteiger partial charge in [0.05, 0.1) is 0 Å². The minimum Gasteiger partial charge on any atom is -0.298 e. The van der Waals surface area contributed by atoms with E-state index in [9.17, 15) is 13.6 Å². The van der Waals surface area contributed by atoms with Gasteiger partial charge in [-0.25, -0.2) is 8.78 Å². The molecule has 0 spiro atoms. The zero-order valence-electron chi connectivity index (χ0n) is 9.86. The van der Waals surface area contributed by atoms with Crippen molar-refractivity contribution in [1.82, 2.24) is 0 Å². The van der Waals surface area contributed by atoms with E-state index in [0.29, 0.717) is 11.1 Å². The molecule has 1 nitrogen and oxygen atoms in total. The fourth-order valence-corrected chi connectivity index (χ4v) is 1.90. The summed E-state index contributed by atoms with van der Waals surface area (Å²) in [5.41, 5.74) is 1.90. The van der Waals surface area contributed by atoms with E-state index in [1.807, 2.05) is 6.92 Å². The highest BCUT2D eigenvalue weighted by atomic mass is 19.1. The van der Waals surface area contributed by atoms with E-state index >= 15 is 0 Å². The summed E-state index contributed by atoms with van der Waals surface area (Å²) >= 11 is 0. The standard InChI is InChI=1S/C15H12F2O/c1-10(12-4-2-11(9-18)3-5-12)14-7-6-13(16)8-15(14)17/h2-10H,1H3. The van der Waals surface area contributed by atoms with Crippen LogP contribution in [0.15, 0.2) is 42.5 Å². The highest BCUT2D eigenvalue weighted by molar-refractivity contribution is 5.74. The summed E-state index contributed by atoms with van der Waals surface area (Å²) in [5, 5.41) is 0. The summed E-state index contributed by atoms with van der Waals surface area (Å²) in [6.07, 6.45) is 0.757. The summed E-state index contributed by atoms with van der Waals surface area (Å²) in [6, 6.07) is 10.5. The Kier molecular flexibility index (Phi) is 3.51. The molecule has 0 aliphatic heterocycles. The average molecular weight is 246 g/mol. The Morgan fingerprint density at radius 2 is 1.72 bits per heavy atom. The van der Waals surface area contributed by atoms with E-state index in [1.165, 1.54) is 12.1 Å². The lowest BCUT2D eigenvalue weighted by molar-refractivity contribution is 0.112. The van der Waals surface area contributed by atoms with E-state index in [2.05, 4.69) is 0 Å². The lowest BCUT2D eigenvalue weighted by Crippen LogP contribution is -2.00. The SMILES string of the molecule is CC(c1ccc(C=O)cc1)c1ccc(F)cc1F. The van der Waals surface area contributed by atoms with Crippen LogP contribution in [0.1, 0.15) is 34.3 Å². The molecule has 0 saturated heterocycles. The Hall–Kier alpha value is -2.03. The molecule has 2 rings (SSSR count). The lowest BCUT2D eigenvalue weighted by Gasteiger charge is -2.13. The van der Waals surface area contributed by atoms with Gasteiger partial charge in [-0.05, 0) is 17.2 Å². The second-order valence-electron chi connectivity index (χ2n) is 4.17. The van der Waals surface area contributed by atoms with Crippen molar-refractivity contribution < 1.29 is 13.6 Å². The first-order chi connectivity index (χ1) is 8.61. The summed E-state index contributed by atoms with van der Waals surface area (Å²) in [5.74, 6) is -1.33. The third-order valence-electron chi connectivity index (χ3n) is 3.00. The van der Waals surface area contributed by atoms with Crippen molar-refractivity contribution in [2.75, 3.05) is 0 Å². The molecule has 0 aromatic heterocycles. The van der Waals surface area contributed by atoms with Gasteiger partial charge < -0.3 is 0 Å². The van der Waals surface area contributed by atoms with E-state index in [1.54, 1.807) is 24.3 Å². The molecule has 0 fully saturated rings. The molecule has 2 aromatic rings. The van der Waals surface area contributed by atoms with Crippen molar-refractivity contribution in [3.63, 3.8) is 0 Å². The van der Waals surface area contributed by atoms with Crippen LogP contribution in [0.2, 0.25) is 0 Å². The van der Waals surface area contributed by atoms with Gasteiger partial charge in [0, 0.05) is 17.5 Å².